The molecule has 0 spiro atoms. The lowest BCUT2D eigenvalue weighted by atomic mass is 9.88. The van der Waals surface area contributed by atoms with Crippen molar-refractivity contribution in [3.05, 3.63) is 58.9 Å². The summed E-state index contributed by atoms with van der Waals surface area (Å²) in [5.41, 5.74) is 14.8. The van der Waals surface area contributed by atoms with E-state index in [0.29, 0.717) is 60.0 Å². The summed E-state index contributed by atoms with van der Waals surface area (Å²) in [6.45, 7) is 2.60. The second kappa shape index (κ2) is 8.83. The molecule has 4 N–H and O–H groups in total. The Morgan fingerprint density at radius 1 is 1.25 bits per heavy atom. The van der Waals surface area contributed by atoms with Crippen molar-refractivity contribution in [2.45, 2.75) is 25.8 Å². The molecule has 3 heterocycles. The second-order valence-electron chi connectivity index (χ2n) is 7.53. The first-order valence-corrected chi connectivity index (χ1v) is 10.2. The molecule has 2 aromatic heterocycles. The Kier molecular flexibility index (Phi) is 5.95. The number of rotatable bonds is 6. The lowest BCUT2D eigenvalue weighted by molar-refractivity contribution is 0.0642. The first-order valence-electron chi connectivity index (χ1n) is 10.2. The Bertz CT molecular complexity index is 1170. The summed E-state index contributed by atoms with van der Waals surface area (Å²) in [5.74, 6) is -0.207. The molecule has 10 heteroatoms. The molecule has 0 fully saturated rings. The van der Waals surface area contributed by atoms with Gasteiger partial charge in [-0.05, 0) is 37.6 Å². The van der Waals surface area contributed by atoms with Gasteiger partial charge in [-0.25, -0.2) is 19.3 Å². The van der Waals surface area contributed by atoms with Gasteiger partial charge >= 0.3 is 0 Å². The molecule has 166 valence electrons. The number of nitrogen functional groups attached to an aromatic ring is 1. The van der Waals surface area contributed by atoms with Gasteiger partial charge in [-0.2, -0.15) is 0 Å². The van der Waals surface area contributed by atoms with Crippen LogP contribution in [-0.2, 0) is 6.42 Å². The SMILES string of the molecule is COc1cncc(-c2cc(F)ccc2[C@H]2Cc3nc(N)nc(C)c3C(=O)N2CCCN)n1. The molecular formula is C22H24FN7O2. The number of amides is 1. The highest BCUT2D eigenvalue weighted by Crippen LogP contribution is 2.38. The number of nitrogens with two attached hydrogens (primary N) is 2. The zero-order chi connectivity index (χ0) is 22.8. The summed E-state index contributed by atoms with van der Waals surface area (Å²) >= 11 is 0. The summed E-state index contributed by atoms with van der Waals surface area (Å²) in [4.78, 5) is 32.3. The number of nitrogens with zero attached hydrogens (tertiary/aromatic N) is 5. The molecule has 1 amide bonds. The van der Waals surface area contributed by atoms with Crippen molar-refractivity contribution in [3.8, 4) is 17.1 Å². The van der Waals surface area contributed by atoms with Crippen molar-refractivity contribution in [2.24, 2.45) is 5.73 Å². The van der Waals surface area contributed by atoms with Crippen molar-refractivity contribution in [1.82, 2.24) is 24.8 Å². The maximum Gasteiger partial charge on any atom is 0.258 e. The average molecular weight is 437 g/mol. The molecule has 0 saturated carbocycles. The van der Waals surface area contributed by atoms with Gasteiger partial charge in [-0.15, -0.1) is 0 Å². The van der Waals surface area contributed by atoms with Crippen LogP contribution in [0.25, 0.3) is 11.3 Å². The van der Waals surface area contributed by atoms with Crippen LogP contribution in [0.5, 0.6) is 5.88 Å². The number of aromatic nitrogens is 4. The monoisotopic (exact) mass is 437 g/mol. The highest BCUT2D eigenvalue weighted by Gasteiger charge is 2.37. The van der Waals surface area contributed by atoms with E-state index in [4.69, 9.17) is 16.2 Å². The van der Waals surface area contributed by atoms with Crippen LogP contribution in [-0.4, -0.2) is 50.9 Å². The third-order valence-electron chi connectivity index (χ3n) is 5.49. The Labute approximate surface area is 184 Å². The molecule has 0 unspecified atom stereocenters. The van der Waals surface area contributed by atoms with Gasteiger partial charge in [0, 0.05) is 18.5 Å². The van der Waals surface area contributed by atoms with Crippen molar-refractivity contribution < 1.29 is 13.9 Å². The largest absolute Gasteiger partial charge is 0.480 e. The van der Waals surface area contributed by atoms with Crippen LogP contribution in [0.15, 0.2) is 30.6 Å². The lowest BCUT2D eigenvalue weighted by Gasteiger charge is -2.37. The third kappa shape index (κ3) is 3.96. The Morgan fingerprint density at radius 3 is 2.81 bits per heavy atom. The highest BCUT2D eigenvalue weighted by molar-refractivity contribution is 5.98. The van der Waals surface area contributed by atoms with Gasteiger partial charge in [-0.1, -0.05) is 6.07 Å². The smallest absolute Gasteiger partial charge is 0.258 e. The normalized spacial score (nSPS) is 15.6. The average Bonchev–Trinajstić information content (AvgIpc) is 2.77. The minimum absolute atomic E-state index is 0.112. The zero-order valence-electron chi connectivity index (χ0n) is 17.9. The van der Waals surface area contributed by atoms with Gasteiger partial charge in [0.15, 0.2) is 0 Å². The summed E-state index contributed by atoms with van der Waals surface area (Å²) in [5, 5.41) is 0. The lowest BCUT2D eigenvalue weighted by Crippen LogP contribution is -2.42. The van der Waals surface area contributed by atoms with E-state index in [1.807, 2.05) is 0 Å². The fourth-order valence-corrected chi connectivity index (χ4v) is 4.07. The van der Waals surface area contributed by atoms with E-state index in [-0.39, 0.29) is 11.9 Å². The van der Waals surface area contributed by atoms with Crippen molar-refractivity contribution in [3.63, 3.8) is 0 Å². The second-order valence-corrected chi connectivity index (χ2v) is 7.53. The standard InChI is InChI=1S/C22H24FN7O2/c1-12-20-16(29-22(25)27-12)9-18(30(21(20)31)7-3-6-24)14-5-4-13(23)8-15(14)17-10-26-11-19(28-17)32-2/h4-5,8,10-11,18H,3,6-7,9,24H2,1-2H3,(H2,25,27,29)/t18-/m1/s1. The maximum atomic E-state index is 14.3. The molecule has 1 aliphatic rings. The fraction of sp³-hybridized carbons (Fsp3) is 0.318. The molecule has 32 heavy (non-hydrogen) atoms. The van der Waals surface area contributed by atoms with Crippen LogP contribution < -0.4 is 16.2 Å². The van der Waals surface area contributed by atoms with Gasteiger partial charge < -0.3 is 21.1 Å². The number of benzene rings is 1. The number of anilines is 1. The Balaban J connectivity index is 1.87. The van der Waals surface area contributed by atoms with Gasteiger partial charge in [0.05, 0.1) is 48.2 Å². The molecule has 1 aliphatic heterocycles. The molecule has 0 radical (unpaired) electrons. The van der Waals surface area contributed by atoms with Crippen LogP contribution >= 0.6 is 0 Å². The van der Waals surface area contributed by atoms with Crippen LogP contribution in [0.4, 0.5) is 10.3 Å². The summed E-state index contributed by atoms with van der Waals surface area (Å²) in [6.07, 6.45) is 4.02. The summed E-state index contributed by atoms with van der Waals surface area (Å²) in [7, 11) is 1.48. The number of hydrogen-bond donors (Lipinski definition) is 2. The molecule has 9 nitrogen and oxygen atoms in total. The molecule has 0 bridgehead atoms. The fourth-order valence-electron chi connectivity index (χ4n) is 4.07. The number of carbonyl (C=O) groups excluding carboxylic acids is 1. The molecule has 1 aromatic carbocycles. The third-order valence-corrected chi connectivity index (χ3v) is 5.49. The summed E-state index contributed by atoms with van der Waals surface area (Å²) < 4.78 is 19.5. The minimum atomic E-state index is -0.424. The number of ether oxygens (including phenoxy) is 1. The van der Waals surface area contributed by atoms with Gasteiger partial charge in [0.2, 0.25) is 11.8 Å². The molecule has 1 atom stereocenters. The minimum Gasteiger partial charge on any atom is -0.480 e. The number of aryl methyl sites for hydroxylation is 1. The number of fused-ring (bicyclic) bond motifs is 1. The predicted octanol–water partition coefficient (Wildman–Crippen LogP) is 2.06. The van der Waals surface area contributed by atoms with Gasteiger partial charge in [-0.3, -0.25) is 9.78 Å². The van der Waals surface area contributed by atoms with Gasteiger partial charge in [0.1, 0.15) is 5.82 Å². The van der Waals surface area contributed by atoms with Crippen molar-refractivity contribution in [2.75, 3.05) is 25.9 Å². The molecular weight excluding hydrogens is 413 g/mol. The van der Waals surface area contributed by atoms with E-state index < -0.39 is 11.9 Å². The maximum absolute atomic E-state index is 14.3. The molecule has 3 aromatic rings. The van der Waals surface area contributed by atoms with Crippen LogP contribution in [0.3, 0.4) is 0 Å². The Morgan fingerprint density at radius 2 is 2.06 bits per heavy atom. The zero-order valence-corrected chi connectivity index (χ0v) is 17.9. The van der Waals surface area contributed by atoms with E-state index in [0.717, 1.165) is 5.56 Å². The van der Waals surface area contributed by atoms with E-state index in [9.17, 15) is 9.18 Å². The number of methoxy groups -OCH3 is 1. The van der Waals surface area contributed by atoms with E-state index >= 15 is 0 Å². The number of carbonyl (C=O) groups is 1. The van der Waals surface area contributed by atoms with Crippen LogP contribution in [0, 0.1) is 12.7 Å². The van der Waals surface area contributed by atoms with Crippen LogP contribution in [0.2, 0.25) is 0 Å². The molecule has 0 aliphatic carbocycles. The first-order chi connectivity index (χ1) is 15.4. The topological polar surface area (TPSA) is 133 Å². The number of hydrogen-bond acceptors (Lipinski definition) is 8. The van der Waals surface area contributed by atoms with E-state index in [1.54, 1.807) is 17.9 Å². The van der Waals surface area contributed by atoms with E-state index in [1.165, 1.54) is 31.6 Å². The molecule has 4 rings (SSSR count). The highest BCUT2D eigenvalue weighted by atomic mass is 19.1. The van der Waals surface area contributed by atoms with Crippen LogP contribution in [0.1, 0.15) is 39.8 Å². The quantitative estimate of drug-likeness (QED) is 0.599. The first kappa shape index (κ1) is 21.6. The number of halogens is 1. The van der Waals surface area contributed by atoms with Crippen molar-refractivity contribution >= 4 is 11.9 Å². The summed E-state index contributed by atoms with van der Waals surface area (Å²) in [6, 6.07) is 4.01. The predicted molar refractivity (Wildman–Crippen MR) is 116 cm³/mol. The van der Waals surface area contributed by atoms with E-state index in [2.05, 4.69) is 19.9 Å². The molecule has 0 saturated heterocycles. The Hall–Kier alpha value is -3.66. The van der Waals surface area contributed by atoms with Crippen molar-refractivity contribution in [1.29, 1.82) is 0 Å². The van der Waals surface area contributed by atoms with Gasteiger partial charge in [0.25, 0.3) is 5.91 Å².